The highest BCUT2D eigenvalue weighted by molar-refractivity contribution is 5.89. The molecular formula is C25H32N4O. The van der Waals surface area contributed by atoms with Crippen LogP contribution in [0.1, 0.15) is 41.8 Å². The fraction of sp³-hybridized carbons (Fsp3) is 0.480. The van der Waals surface area contributed by atoms with E-state index in [0.717, 1.165) is 51.4 Å². The zero-order valence-electron chi connectivity index (χ0n) is 18.1. The lowest BCUT2D eigenvalue weighted by Gasteiger charge is -2.36. The maximum atomic E-state index is 11.3. The molecule has 2 aliphatic rings. The molecule has 30 heavy (non-hydrogen) atoms. The normalized spacial score (nSPS) is 18.2. The summed E-state index contributed by atoms with van der Waals surface area (Å²) in [5.41, 5.74) is 6.54. The van der Waals surface area contributed by atoms with Gasteiger partial charge in [0.05, 0.1) is 11.6 Å². The van der Waals surface area contributed by atoms with E-state index in [4.69, 9.17) is 0 Å². The maximum absolute atomic E-state index is 11.3. The number of hydrogen-bond donors (Lipinski definition) is 1. The predicted octanol–water partition coefficient (Wildman–Crippen LogP) is 3.71. The second-order valence-electron chi connectivity index (χ2n) is 8.78. The molecule has 5 nitrogen and oxygen atoms in total. The van der Waals surface area contributed by atoms with Gasteiger partial charge in [0.1, 0.15) is 5.82 Å². The molecule has 0 saturated carbocycles. The summed E-state index contributed by atoms with van der Waals surface area (Å²) in [4.78, 5) is 9.30. The van der Waals surface area contributed by atoms with Gasteiger partial charge in [-0.1, -0.05) is 25.1 Å². The molecule has 5 rings (SSSR count). The van der Waals surface area contributed by atoms with E-state index < -0.39 is 6.10 Å². The van der Waals surface area contributed by atoms with Gasteiger partial charge in [-0.15, -0.1) is 0 Å². The van der Waals surface area contributed by atoms with E-state index >= 15 is 0 Å². The molecule has 158 valence electrons. The molecular weight excluding hydrogens is 372 g/mol. The summed E-state index contributed by atoms with van der Waals surface area (Å²) in [6.07, 6.45) is 4.75. The Kier molecular flexibility index (Phi) is 5.25. The Hall–Kier alpha value is -2.37. The van der Waals surface area contributed by atoms with Crippen LogP contribution in [0.2, 0.25) is 0 Å². The van der Waals surface area contributed by atoms with E-state index in [1.54, 1.807) is 0 Å². The van der Waals surface area contributed by atoms with Gasteiger partial charge < -0.3 is 14.6 Å². The third-order valence-electron chi connectivity index (χ3n) is 6.84. The molecule has 0 radical (unpaired) electrons. The van der Waals surface area contributed by atoms with Gasteiger partial charge in [0.15, 0.2) is 0 Å². The molecule has 1 atom stereocenters. The number of aliphatic hydroxyl groups excluding tert-OH is 1. The minimum Gasteiger partial charge on any atom is -0.387 e. The first-order valence-electron chi connectivity index (χ1n) is 11.4. The van der Waals surface area contributed by atoms with E-state index in [2.05, 4.69) is 57.5 Å². The minimum absolute atomic E-state index is 0.444. The number of aromatic nitrogens is 2. The maximum Gasteiger partial charge on any atom is 0.128 e. The van der Waals surface area contributed by atoms with Gasteiger partial charge in [0.25, 0.3) is 0 Å². The molecule has 1 N–H and O–H groups in total. The highest BCUT2D eigenvalue weighted by atomic mass is 16.3. The Morgan fingerprint density at radius 3 is 2.70 bits per heavy atom. The third kappa shape index (κ3) is 3.40. The molecule has 0 bridgehead atoms. The average Bonchev–Trinajstić information content (AvgIpc) is 3.10. The first-order chi connectivity index (χ1) is 14.7. The quantitative estimate of drug-likeness (QED) is 0.704. The molecule has 1 fully saturated rings. The van der Waals surface area contributed by atoms with E-state index in [-0.39, 0.29) is 0 Å². The average molecular weight is 405 g/mol. The minimum atomic E-state index is -0.444. The molecule has 2 aromatic heterocycles. The largest absolute Gasteiger partial charge is 0.387 e. The molecule has 1 aromatic carbocycles. The Labute approximate surface area is 178 Å². The topological polar surface area (TPSA) is 44.5 Å². The van der Waals surface area contributed by atoms with Crippen molar-refractivity contribution in [1.29, 1.82) is 0 Å². The lowest BCUT2D eigenvalue weighted by Crippen LogP contribution is -2.47. The summed E-state index contributed by atoms with van der Waals surface area (Å²) >= 11 is 0. The third-order valence-corrected chi connectivity index (χ3v) is 6.84. The number of nitrogens with zero attached hydrogens (tertiary/aromatic N) is 4. The van der Waals surface area contributed by atoms with E-state index in [9.17, 15) is 5.11 Å². The highest BCUT2D eigenvalue weighted by Crippen LogP contribution is 2.36. The molecule has 1 unspecified atom stereocenters. The zero-order valence-corrected chi connectivity index (χ0v) is 18.1. The van der Waals surface area contributed by atoms with Crippen molar-refractivity contribution >= 4 is 16.7 Å². The number of hydrogen-bond acceptors (Lipinski definition) is 4. The Morgan fingerprint density at radius 2 is 1.93 bits per heavy atom. The Balaban J connectivity index is 1.34. The van der Waals surface area contributed by atoms with E-state index in [0.29, 0.717) is 6.54 Å². The number of rotatable bonds is 5. The van der Waals surface area contributed by atoms with Gasteiger partial charge in [-0.05, 0) is 49.4 Å². The van der Waals surface area contributed by atoms with Crippen molar-refractivity contribution in [2.75, 3.05) is 37.6 Å². The zero-order chi connectivity index (χ0) is 20.7. The first-order valence-corrected chi connectivity index (χ1v) is 11.4. The summed E-state index contributed by atoms with van der Waals surface area (Å²) < 4.78 is 2.48. The van der Waals surface area contributed by atoms with Gasteiger partial charge in [-0.3, -0.25) is 4.90 Å². The fourth-order valence-electron chi connectivity index (χ4n) is 5.38. The molecule has 1 saturated heterocycles. The van der Waals surface area contributed by atoms with E-state index in [1.807, 2.05) is 12.3 Å². The van der Waals surface area contributed by atoms with Gasteiger partial charge in [0, 0.05) is 62.1 Å². The fourth-order valence-corrected chi connectivity index (χ4v) is 5.38. The SMILES string of the molecule is CCc1c(C(O)CN2CCN(c3cc(C)ccn3)CC2)c2cccc3c2n1CCC3. The molecule has 5 heteroatoms. The second kappa shape index (κ2) is 8.05. The molecule has 0 spiro atoms. The van der Waals surface area contributed by atoms with Gasteiger partial charge in [0.2, 0.25) is 0 Å². The first kappa shape index (κ1) is 19.6. The summed E-state index contributed by atoms with van der Waals surface area (Å²) in [5, 5.41) is 12.6. The summed E-state index contributed by atoms with van der Waals surface area (Å²) in [7, 11) is 0. The van der Waals surface area contributed by atoms with Crippen LogP contribution in [0.25, 0.3) is 10.9 Å². The molecule has 0 aliphatic carbocycles. The van der Waals surface area contributed by atoms with Crippen LogP contribution in [0.4, 0.5) is 5.82 Å². The number of aliphatic hydroxyl groups is 1. The number of para-hydroxylation sites is 1. The second-order valence-corrected chi connectivity index (χ2v) is 8.78. The van der Waals surface area contributed by atoms with Crippen molar-refractivity contribution < 1.29 is 5.11 Å². The predicted molar refractivity (Wildman–Crippen MR) is 122 cm³/mol. The number of anilines is 1. The molecule has 2 aliphatic heterocycles. The number of pyridine rings is 1. The van der Waals surface area contributed by atoms with Crippen LogP contribution in [0.3, 0.4) is 0 Å². The van der Waals surface area contributed by atoms with Crippen LogP contribution >= 0.6 is 0 Å². The van der Waals surface area contributed by atoms with Crippen molar-refractivity contribution in [1.82, 2.24) is 14.5 Å². The van der Waals surface area contributed by atoms with Crippen molar-refractivity contribution in [3.63, 3.8) is 0 Å². The highest BCUT2D eigenvalue weighted by Gasteiger charge is 2.27. The lowest BCUT2D eigenvalue weighted by atomic mass is 10.00. The number of piperazine rings is 1. The molecule has 3 aromatic rings. The Morgan fingerprint density at radius 1 is 1.10 bits per heavy atom. The number of benzene rings is 1. The van der Waals surface area contributed by atoms with Crippen LogP contribution in [0.5, 0.6) is 0 Å². The summed E-state index contributed by atoms with van der Waals surface area (Å²) in [5.74, 6) is 1.07. The van der Waals surface area contributed by atoms with Crippen molar-refractivity contribution in [3.8, 4) is 0 Å². The van der Waals surface area contributed by atoms with Crippen molar-refractivity contribution in [2.24, 2.45) is 0 Å². The number of β-amino-alcohol motifs (C(OH)–C–C–N with tert-alkyl or cyclic N) is 1. The lowest BCUT2D eigenvalue weighted by molar-refractivity contribution is 0.109. The van der Waals surface area contributed by atoms with Crippen LogP contribution in [-0.2, 0) is 19.4 Å². The smallest absolute Gasteiger partial charge is 0.128 e. The molecule has 4 heterocycles. The standard InChI is InChI=1S/C25H32N4O/c1-3-21-24(20-8-4-6-19-7-5-11-29(21)25(19)20)22(30)17-27-12-14-28(15-13-27)23-16-18(2)9-10-26-23/h4,6,8-10,16,22,30H,3,5,7,11-15,17H2,1-2H3. The Bertz CT molecular complexity index is 1050. The summed E-state index contributed by atoms with van der Waals surface area (Å²) in [6.45, 7) is 9.93. The van der Waals surface area contributed by atoms with Crippen LogP contribution < -0.4 is 4.90 Å². The van der Waals surface area contributed by atoms with Crippen LogP contribution in [0, 0.1) is 6.92 Å². The van der Waals surface area contributed by atoms with Gasteiger partial charge >= 0.3 is 0 Å². The monoisotopic (exact) mass is 404 g/mol. The summed E-state index contributed by atoms with van der Waals surface area (Å²) in [6, 6.07) is 10.8. The molecule has 0 amide bonds. The van der Waals surface area contributed by atoms with E-state index in [1.165, 1.54) is 39.7 Å². The van der Waals surface area contributed by atoms with Crippen molar-refractivity contribution in [2.45, 2.75) is 45.8 Å². The van der Waals surface area contributed by atoms with Gasteiger partial charge in [-0.2, -0.15) is 0 Å². The van der Waals surface area contributed by atoms with Crippen LogP contribution in [0.15, 0.2) is 36.5 Å². The van der Waals surface area contributed by atoms with Crippen LogP contribution in [-0.4, -0.2) is 52.3 Å². The van der Waals surface area contributed by atoms with Gasteiger partial charge in [-0.25, -0.2) is 4.98 Å². The number of aryl methyl sites for hydroxylation is 3. The van der Waals surface area contributed by atoms with Crippen molar-refractivity contribution in [3.05, 3.63) is 58.9 Å².